The lowest BCUT2D eigenvalue weighted by molar-refractivity contribution is 0.0942. The van der Waals surface area contributed by atoms with Crippen LogP contribution < -0.4 is 15.6 Å². The fraction of sp³-hybridized carbons (Fsp3) is 0.250. The number of methoxy groups -OCH3 is 1. The smallest absolute Gasteiger partial charge is 0.269 e. The summed E-state index contributed by atoms with van der Waals surface area (Å²) >= 11 is 0. The van der Waals surface area contributed by atoms with E-state index in [0.717, 1.165) is 5.56 Å². The predicted molar refractivity (Wildman–Crippen MR) is 97.8 cm³/mol. The first-order valence-corrected chi connectivity index (χ1v) is 7.81. The molecule has 0 aliphatic carbocycles. The van der Waals surface area contributed by atoms with E-state index in [1.807, 2.05) is 12.1 Å². The molecule has 0 spiro atoms. The van der Waals surface area contributed by atoms with E-state index in [-0.39, 0.29) is 11.3 Å². The maximum Gasteiger partial charge on any atom is 0.269 e. The highest BCUT2D eigenvalue weighted by molar-refractivity contribution is 5.94. The summed E-state index contributed by atoms with van der Waals surface area (Å²) in [4.78, 5) is 12.1. The standard InChI is InChI=1S/C20H24N2O2/c1-14(15-6-10-17(11-7-15)20(2,3)4)21-22-19(23)16-8-12-18(24-5)13-9-16/h6-13,21H,1H2,2-5H3,(H,22,23). The third-order valence-electron chi connectivity index (χ3n) is 3.78. The van der Waals surface area contributed by atoms with Crippen LogP contribution in [0.1, 0.15) is 42.3 Å². The number of carbonyl (C=O) groups excluding carboxylic acids is 1. The van der Waals surface area contributed by atoms with Gasteiger partial charge in [-0.05, 0) is 40.8 Å². The van der Waals surface area contributed by atoms with Crippen LogP contribution in [0.15, 0.2) is 55.1 Å². The third kappa shape index (κ3) is 4.38. The van der Waals surface area contributed by atoms with Crippen molar-refractivity contribution in [2.45, 2.75) is 26.2 Å². The van der Waals surface area contributed by atoms with Crippen LogP contribution in [0.3, 0.4) is 0 Å². The lowest BCUT2D eigenvalue weighted by Crippen LogP contribution is -2.35. The Kier molecular flexibility index (Phi) is 5.29. The van der Waals surface area contributed by atoms with Crippen LogP contribution in [-0.4, -0.2) is 13.0 Å². The van der Waals surface area contributed by atoms with Crippen LogP contribution in [0.25, 0.3) is 5.70 Å². The van der Waals surface area contributed by atoms with Crippen LogP contribution in [0.4, 0.5) is 0 Å². The molecule has 0 saturated carbocycles. The number of benzene rings is 2. The van der Waals surface area contributed by atoms with E-state index in [9.17, 15) is 4.79 Å². The molecule has 4 heteroatoms. The summed E-state index contributed by atoms with van der Waals surface area (Å²) < 4.78 is 5.08. The third-order valence-corrected chi connectivity index (χ3v) is 3.78. The summed E-state index contributed by atoms with van der Waals surface area (Å²) in [6.45, 7) is 10.5. The highest BCUT2D eigenvalue weighted by Gasteiger charge is 2.13. The van der Waals surface area contributed by atoms with Crippen molar-refractivity contribution in [2.75, 3.05) is 7.11 Å². The molecule has 2 rings (SSSR count). The summed E-state index contributed by atoms with van der Waals surface area (Å²) in [6.07, 6.45) is 0. The Morgan fingerprint density at radius 2 is 1.46 bits per heavy atom. The molecular formula is C20H24N2O2. The van der Waals surface area contributed by atoms with Gasteiger partial charge in [-0.3, -0.25) is 15.6 Å². The van der Waals surface area contributed by atoms with Crippen molar-refractivity contribution in [2.24, 2.45) is 0 Å². The van der Waals surface area contributed by atoms with E-state index in [1.54, 1.807) is 31.4 Å². The van der Waals surface area contributed by atoms with Gasteiger partial charge in [0.05, 0.1) is 12.8 Å². The van der Waals surface area contributed by atoms with Gasteiger partial charge in [0, 0.05) is 5.56 Å². The Bertz CT molecular complexity index is 711. The normalized spacial score (nSPS) is 10.8. The number of nitrogens with one attached hydrogen (secondary N) is 2. The van der Waals surface area contributed by atoms with Crippen molar-refractivity contribution < 1.29 is 9.53 Å². The summed E-state index contributed by atoms with van der Waals surface area (Å²) in [5.74, 6) is 0.480. The molecule has 2 aromatic carbocycles. The zero-order chi connectivity index (χ0) is 17.7. The molecule has 2 aromatic rings. The molecule has 0 heterocycles. The first-order chi connectivity index (χ1) is 11.3. The van der Waals surface area contributed by atoms with Crippen molar-refractivity contribution in [1.82, 2.24) is 10.9 Å². The fourth-order valence-electron chi connectivity index (χ4n) is 2.19. The Hall–Kier alpha value is -2.75. The minimum Gasteiger partial charge on any atom is -0.497 e. The predicted octanol–water partition coefficient (Wildman–Crippen LogP) is 3.90. The molecule has 0 unspecified atom stereocenters. The molecule has 2 N–H and O–H groups in total. The van der Waals surface area contributed by atoms with Gasteiger partial charge in [-0.1, -0.05) is 51.6 Å². The maximum absolute atomic E-state index is 12.1. The molecule has 0 saturated heterocycles. The van der Waals surface area contributed by atoms with Crippen molar-refractivity contribution in [3.8, 4) is 5.75 Å². The SMILES string of the molecule is C=C(NNC(=O)c1ccc(OC)cc1)c1ccc(C(C)(C)C)cc1. The van der Waals surface area contributed by atoms with E-state index in [4.69, 9.17) is 4.74 Å². The summed E-state index contributed by atoms with van der Waals surface area (Å²) in [5, 5.41) is 0. The lowest BCUT2D eigenvalue weighted by Gasteiger charge is -2.19. The van der Waals surface area contributed by atoms with Crippen molar-refractivity contribution in [3.63, 3.8) is 0 Å². The number of hydrogen-bond donors (Lipinski definition) is 2. The summed E-state index contributed by atoms with van der Waals surface area (Å²) in [6, 6.07) is 15.0. The van der Waals surface area contributed by atoms with E-state index in [0.29, 0.717) is 17.0 Å². The molecule has 126 valence electrons. The van der Waals surface area contributed by atoms with Gasteiger partial charge in [0.2, 0.25) is 0 Å². The van der Waals surface area contributed by atoms with Gasteiger partial charge >= 0.3 is 0 Å². The van der Waals surface area contributed by atoms with Gasteiger partial charge < -0.3 is 4.74 Å². The van der Waals surface area contributed by atoms with Crippen LogP contribution >= 0.6 is 0 Å². The number of hydrogen-bond acceptors (Lipinski definition) is 3. The van der Waals surface area contributed by atoms with Gasteiger partial charge in [0.15, 0.2) is 0 Å². The summed E-state index contributed by atoms with van der Waals surface area (Å²) in [7, 11) is 1.59. The average molecular weight is 324 g/mol. The van der Waals surface area contributed by atoms with Crippen molar-refractivity contribution in [1.29, 1.82) is 0 Å². The first-order valence-electron chi connectivity index (χ1n) is 7.81. The van der Waals surface area contributed by atoms with Gasteiger partial charge in [-0.25, -0.2) is 0 Å². The molecule has 24 heavy (non-hydrogen) atoms. The second-order valence-corrected chi connectivity index (χ2v) is 6.61. The van der Waals surface area contributed by atoms with Crippen molar-refractivity contribution >= 4 is 11.6 Å². The van der Waals surface area contributed by atoms with Crippen LogP contribution in [-0.2, 0) is 5.41 Å². The Morgan fingerprint density at radius 1 is 0.917 bits per heavy atom. The molecule has 0 aliphatic rings. The van der Waals surface area contributed by atoms with Gasteiger partial charge in [0.1, 0.15) is 5.75 Å². The molecule has 0 atom stereocenters. The number of carbonyl (C=O) groups is 1. The highest BCUT2D eigenvalue weighted by Crippen LogP contribution is 2.23. The van der Waals surface area contributed by atoms with E-state index >= 15 is 0 Å². The number of rotatable bonds is 5. The average Bonchev–Trinajstić information content (AvgIpc) is 2.58. The molecule has 0 aliphatic heterocycles. The van der Waals surface area contributed by atoms with Crippen LogP contribution in [0.2, 0.25) is 0 Å². The minimum atomic E-state index is -0.231. The van der Waals surface area contributed by atoms with Gasteiger partial charge in [0.25, 0.3) is 5.91 Å². The van der Waals surface area contributed by atoms with Gasteiger partial charge in [-0.15, -0.1) is 0 Å². The fourth-order valence-corrected chi connectivity index (χ4v) is 2.19. The van der Waals surface area contributed by atoms with E-state index in [1.165, 1.54) is 5.56 Å². The van der Waals surface area contributed by atoms with Crippen LogP contribution in [0, 0.1) is 0 Å². The highest BCUT2D eigenvalue weighted by atomic mass is 16.5. The largest absolute Gasteiger partial charge is 0.497 e. The molecule has 0 fully saturated rings. The summed E-state index contributed by atoms with van der Waals surface area (Å²) in [5.41, 5.74) is 8.97. The van der Waals surface area contributed by atoms with Crippen molar-refractivity contribution in [3.05, 3.63) is 71.8 Å². The zero-order valence-corrected chi connectivity index (χ0v) is 14.6. The number of ether oxygens (including phenoxy) is 1. The Balaban J connectivity index is 1.95. The molecule has 4 nitrogen and oxygen atoms in total. The zero-order valence-electron chi connectivity index (χ0n) is 14.6. The second kappa shape index (κ2) is 7.21. The second-order valence-electron chi connectivity index (χ2n) is 6.61. The van der Waals surface area contributed by atoms with E-state index in [2.05, 4.69) is 50.3 Å². The first kappa shape index (κ1) is 17.6. The number of hydrazine groups is 1. The molecule has 0 bridgehead atoms. The maximum atomic E-state index is 12.1. The lowest BCUT2D eigenvalue weighted by atomic mass is 9.86. The quantitative estimate of drug-likeness (QED) is 0.820. The van der Waals surface area contributed by atoms with Gasteiger partial charge in [-0.2, -0.15) is 0 Å². The van der Waals surface area contributed by atoms with Crippen LogP contribution in [0.5, 0.6) is 5.75 Å². The Morgan fingerprint density at radius 3 is 1.96 bits per heavy atom. The topological polar surface area (TPSA) is 50.4 Å². The molecule has 0 radical (unpaired) electrons. The monoisotopic (exact) mass is 324 g/mol. The molecule has 1 amide bonds. The number of amides is 1. The Labute approximate surface area is 143 Å². The van der Waals surface area contributed by atoms with E-state index < -0.39 is 0 Å². The minimum absolute atomic E-state index is 0.107. The molecular weight excluding hydrogens is 300 g/mol. The molecule has 0 aromatic heterocycles.